The molecular weight excluding hydrogens is 394 g/mol. The highest BCUT2D eigenvalue weighted by atomic mass is 79.9. The zero-order valence-electron chi connectivity index (χ0n) is 11.6. The Morgan fingerprint density at radius 3 is 2.43 bits per heavy atom. The molecule has 1 heterocycles. The predicted octanol–water partition coefficient (Wildman–Crippen LogP) is 4.25. The van der Waals surface area contributed by atoms with Crippen LogP contribution in [0, 0.1) is 6.92 Å². The number of hydrogen-bond acceptors (Lipinski definition) is 3. The van der Waals surface area contributed by atoms with E-state index in [-0.39, 0.29) is 10.8 Å². The largest absolute Gasteiger partial charge is 0.242 e. The summed E-state index contributed by atoms with van der Waals surface area (Å²) in [6.45, 7) is 3.56. The average molecular weight is 409 g/mol. The van der Waals surface area contributed by atoms with Crippen LogP contribution < -0.4 is 4.72 Å². The van der Waals surface area contributed by atoms with E-state index in [2.05, 4.69) is 20.7 Å². The third-order valence-electron chi connectivity index (χ3n) is 3.17. The minimum Gasteiger partial charge on any atom is -0.207 e. The fourth-order valence-electron chi connectivity index (χ4n) is 2.02. The van der Waals surface area contributed by atoms with Crippen molar-refractivity contribution in [2.75, 3.05) is 5.88 Å². The van der Waals surface area contributed by atoms with Crippen LogP contribution in [-0.2, 0) is 15.6 Å². The van der Waals surface area contributed by atoms with E-state index >= 15 is 0 Å². The molecule has 1 atom stereocenters. The number of hydrogen-bond donors (Lipinski definition) is 1. The topological polar surface area (TPSA) is 46.2 Å². The van der Waals surface area contributed by atoms with Gasteiger partial charge in [0.25, 0.3) is 0 Å². The fraction of sp³-hybridized carbons (Fsp3) is 0.286. The van der Waals surface area contributed by atoms with Crippen molar-refractivity contribution in [2.24, 2.45) is 0 Å². The molecule has 2 aromatic rings. The van der Waals surface area contributed by atoms with E-state index in [1.807, 2.05) is 30.3 Å². The fourth-order valence-corrected chi connectivity index (χ4v) is 6.13. The van der Waals surface area contributed by atoms with Gasteiger partial charge in [-0.05, 0) is 41.4 Å². The van der Waals surface area contributed by atoms with Crippen molar-refractivity contribution in [3.8, 4) is 0 Å². The average Bonchev–Trinajstić information content (AvgIpc) is 2.79. The Bertz CT molecular complexity index is 731. The van der Waals surface area contributed by atoms with E-state index in [0.717, 1.165) is 14.2 Å². The second kappa shape index (κ2) is 6.38. The van der Waals surface area contributed by atoms with Crippen LogP contribution in [0.3, 0.4) is 0 Å². The molecule has 0 fully saturated rings. The molecule has 114 valence electrons. The molecule has 3 nitrogen and oxygen atoms in total. The summed E-state index contributed by atoms with van der Waals surface area (Å²) in [4.78, 5) is 1.02. The molecule has 7 heteroatoms. The van der Waals surface area contributed by atoms with Gasteiger partial charge >= 0.3 is 0 Å². The first-order valence-electron chi connectivity index (χ1n) is 6.20. The quantitative estimate of drug-likeness (QED) is 0.752. The van der Waals surface area contributed by atoms with Gasteiger partial charge in [-0.1, -0.05) is 30.3 Å². The highest BCUT2D eigenvalue weighted by Gasteiger charge is 2.33. The molecule has 0 spiro atoms. The van der Waals surface area contributed by atoms with Crippen LogP contribution in [-0.4, -0.2) is 14.3 Å². The van der Waals surface area contributed by atoms with Crippen molar-refractivity contribution in [2.45, 2.75) is 24.3 Å². The normalized spacial score (nSPS) is 14.9. The molecule has 0 aliphatic heterocycles. The van der Waals surface area contributed by atoms with Crippen molar-refractivity contribution in [1.29, 1.82) is 0 Å². The minimum absolute atomic E-state index is 0.139. The molecule has 1 aromatic heterocycles. The molecule has 0 aliphatic carbocycles. The molecule has 21 heavy (non-hydrogen) atoms. The summed E-state index contributed by atoms with van der Waals surface area (Å²) in [5.74, 6) is 0.139. The summed E-state index contributed by atoms with van der Waals surface area (Å²) in [6.07, 6.45) is 0. The van der Waals surface area contributed by atoms with Gasteiger partial charge in [0.1, 0.15) is 0 Å². The highest BCUT2D eigenvalue weighted by molar-refractivity contribution is 9.11. The minimum atomic E-state index is -3.64. The van der Waals surface area contributed by atoms with Crippen molar-refractivity contribution in [3.05, 3.63) is 50.6 Å². The zero-order chi connectivity index (χ0) is 15.7. The van der Waals surface area contributed by atoms with Gasteiger partial charge in [-0.15, -0.1) is 22.9 Å². The van der Waals surface area contributed by atoms with Gasteiger partial charge < -0.3 is 0 Å². The number of sulfonamides is 1. The number of halogens is 2. The molecule has 1 unspecified atom stereocenters. The van der Waals surface area contributed by atoms with Crippen LogP contribution in [0.2, 0.25) is 0 Å². The Labute approximate surface area is 142 Å². The van der Waals surface area contributed by atoms with Crippen LogP contribution >= 0.6 is 38.9 Å². The second-order valence-electron chi connectivity index (χ2n) is 4.91. The van der Waals surface area contributed by atoms with Crippen molar-refractivity contribution < 1.29 is 8.42 Å². The summed E-state index contributed by atoms with van der Waals surface area (Å²) >= 11 is 10.8. The van der Waals surface area contributed by atoms with Crippen molar-refractivity contribution in [3.63, 3.8) is 0 Å². The Kier molecular flexibility index (Phi) is 5.15. The standard InChI is InChI=1S/C14H15BrClNO2S2/c1-10-12(8-13(15)20-10)21(18,19)17-14(2,9-16)11-6-4-3-5-7-11/h3-8,17H,9H2,1-2H3. The van der Waals surface area contributed by atoms with Gasteiger partial charge in [0.15, 0.2) is 0 Å². The van der Waals surface area contributed by atoms with Crippen LogP contribution in [0.15, 0.2) is 45.1 Å². The molecule has 2 rings (SSSR count). The molecule has 0 saturated carbocycles. The first-order valence-corrected chi connectivity index (χ1v) is 9.82. The zero-order valence-corrected chi connectivity index (χ0v) is 15.5. The number of nitrogens with one attached hydrogen (secondary N) is 1. The number of benzene rings is 1. The maximum atomic E-state index is 12.6. The van der Waals surface area contributed by atoms with E-state index in [0.29, 0.717) is 0 Å². The Morgan fingerprint density at radius 1 is 1.33 bits per heavy atom. The first kappa shape index (κ1) is 17.0. The van der Waals surface area contributed by atoms with E-state index in [1.54, 1.807) is 19.9 Å². The third kappa shape index (κ3) is 3.68. The van der Waals surface area contributed by atoms with Gasteiger partial charge in [-0.25, -0.2) is 8.42 Å². The molecule has 1 N–H and O–H groups in total. The second-order valence-corrected chi connectivity index (χ2v) is 9.46. The van der Waals surface area contributed by atoms with E-state index in [1.165, 1.54) is 11.3 Å². The Balaban J connectivity index is 2.40. The summed E-state index contributed by atoms with van der Waals surface area (Å²) in [6, 6.07) is 10.9. The lowest BCUT2D eigenvalue weighted by molar-refractivity contribution is 0.477. The highest BCUT2D eigenvalue weighted by Crippen LogP contribution is 2.32. The van der Waals surface area contributed by atoms with E-state index in [9.17, 15) is 8.42 Å². The first-order chi connectivity index (χ1) is 9.78. The smallest absolute Gasteiger partial charge is 0.207 e. The maximum Gasteiger partial charge on any atom is 0.242 e. The van der Waals surface area contributed by atoms with E-state index < -0.39 is 15.6 Å². The molecule has 0 saturated heterocycles. The Hall–Kier alpha value is -0.400. The van der Waals surface area contributed by atoms with Gasteiger partial charge in [0.2, 0.25) is 10.0 Å². The van der Waals surface area contributed by atoms with Crippen LogP contribution in [0.5, 0.6) is 0 Å². The molecule has 0 aliphatic rings. The number of aryl methyl sites for hydroxylation is 1. The molecule has 0 amide bonds. The molecular formula is C14H15BrClNO2S2. The van der Waals surface area contributed by atoms with Crippen molar-refractivity contribution >= 4 is 48.9 Å². The monoisotopic (exact) mass is 407 g/mol. The Morgan fingerprint density at radius 2 is 1.95 bits per heavy atom. The van der Waals surface area contributed by atoms with Crippen LogP contribution in [0.1, 0.15) is 17.4 Å². The van der Waals surface area contributed by atoms with E-state index in [4.69, 9.17) is 11.6 Å². The molecule has 0 radical (unpaired) electrons. The molecule has 0 bridgehead atoms. The molecule has 1 aromatic carbocycles. The summed E-state index contributed by atoms with van der Waals surface area (Å²) in [5, 5.41) is 0. The van der Waals surface area contributed by atoms with Gasteiger partial charge in [-0.2, -0.15) is 4.72 Å². The van der Waals surface area contributed by atoms with Crippen LogP contribution in [0.4, 0.5) is 0 Å². The third-order valence-corrected chi connectivity index (χ3v) is 7.11. The lowest BCUT2D eigenvalue weighted by atomic mass is 9.96. The van der Waals surface area contributed by atoms with Crippen LogP contribution in [0.25, 0.3) is 0 Å². The van der Waals surface area contributed by atoms with Gasteiger partial charge in [-0.3, -0.25) is 0 Å². The number of alkyl halides is 1. The number of rotatable bonds is 5. The summed E-state index contributed by atoms with van der Waals surface area (Å²) in [5.41, 5.74) is -0.0294. The lowest BCUT2D eigenvalue weighted by Crippen LogP contribution is -2.44. The van der Waals surface area contributed by atoms with Gasteiger partial charge in [0, 0.05) is 10.8 Å². The predicted molar refractivity (Wildman–Crippen MR) is 91.6 cm³/mol. The lowest BCUT2D eigenvalue weighted by Gasteiger charge is -2.28. The number of thiophene rings is 1. The summed E-state index contributed by atoms with van der Waals surface area (Å²) in [7, 11) is -3.64. The van der Waals surface area contributed by atoms with Crippen molar-refractivity contribution in [1.82, 2.24) is 4.72 Å². The SMILES string of the molecule is Cc1sc(Br)cc1S(=O)(=O)NC(C)(CCl)c1ccccc1. The summed E-state index contributed by atoms with van der Waals surface area (Å²) < 4.78 is 28.8. The van der Waals surface area contributed by atoms with Gasteiger partial charge in [0.05, 0.1) is 14.2 Å². The maximum absolute atomic E-state index is 12.6.